The van der Waals surface area contributed by atoms with Crippen LogP contribution in [0.1, 0.15) is 17.3 Å². The van der Waals surface area contributed by atoms with E-state index in [9.17, 15) is 4.79 Å². The first-order valence-corrected chi connectivity index (χ1v) is 5.59. The Labute approximate surface area is 91.9 Å². The standard InChI is InChI=1S/C11H11NO2S/c1-2-14-11(13)9-5-8-15-10(9)12-6-3-4-7-12/h3-8H,2H2,1H3. The van der Waals surface area contributed by atoms with Crippen LogP contribution in [-0.4, -0.2) is 17.1 Å². The summed E-state index contributed by atoms with van der Waals surface area (Å²) in [6, 6.07) is 5.64. The molecular weight excluding hydrogens is 210 g/mol. The molecular formula is C11H11NO2S. The van der Waals surface area contributed by atoms with Gasteiger partial charge in [-0.2, -0.15) is 0 Å². The van der Waals surface area contributed by atoms with E-state index in [4.69, 9.17) is 4.74 Å². The third-order valence-electron chi connectivity index (χ3n) is 1.98. The van der Waals surface area contributed by atoms with Gasteiger partial charge in [-0.3, -0.25) is 0 Å². The molecule has 0 N–H and O–H groups in total. The molecule has 4 heteroatoms. The van der Waals surface area contributed by atoms with Gasteiger partial charge in [-0.15, -0.1) is 11.3 Å². The Kier molecular flexibility index (Phi) is 2.87. The van der Waals surface area contributed by atoms with Crippen molar-refractivity contribution in [1.82, 2.24) is 4.57 Å². The lowest BCUT2D eigenvalue weighted by Crippen LogP contribution is -2.06. The SMILES string of the molecule is CCOC(=O)c1ccsc1-n1cccc1. The van der Waals surface area contributed by atoms with Gasteiger partial charge in [0, 0.05) is 12.4 Å². The first kappa shape index (κ1) is 9.98. The highest BCUT2D eigenvalue weighted by molar-refractivity contribution is 7.13. The number of hydrogen-bond acceptors (Lipinski definition) is 3. The van der Waals surface area contributed by atoms with Gasteiger partial charge in [0.25, 0.3) is 0 Å². The summed E-state index contributed by atoms with van der Waals surface area (Å²) in [5.74, 6) is -0.262. The number of hydrogen-bond donors (Lipinski definition) is 0. The molecule has 0 atom stereocenters. The summed E-state index contributed by atoms with van der Waals surface area (Å²) in [7, 11) is 0. The second-order valence-electron chi connectivity index (χ2n) is 2.95. The zero-order valence-electron chi connectivity index (χ0n) is 8.34. The number of thiophene rings is 1. The molecule has 0 saturated heterocycles. The molecule has 15 heavy (non-hydrogen) atoms. The highest BCUT2D eigenvalue weighted by Gasteiger charge is 2.14. The van der Waals surface area contributed by atoms with Gasteiger partial charge in [0.1, 0.15) is 5.00 Å². The minimum absolute atomic E-state index is 0.262. The van der Waals surface area contributed by atoms with Crippen LogP contribution in [-0.2, 0) is 4.74 Å². The number of ether oxygens (including phenoxy) is 1. The summed E-state index contributed by atoms with van der Waals surface area (Å²) in [4.78, 5) is 11.6. The van der Waals surface area contributed by atoms with Crippen LogP contribution in [0, 0.1) is 0 Å². The molecule has 2 rings (SSSR count). The molecule has 0 aromatic carbocycles. The summed E-state index contributed by atoms with van der Waals surface area (Å²) in [5, 5.41) is 2.79. The summed E-state index contributed by atoms with van der Waals surface area (Å²) in [6.45, 7) is 2.21. The first-order valence-electron chi connectivity index (χ1n) is 4.71. The molecule has 0 fully saturated rings. The second kappa shape index (κ2) is 4.31. The molecule has 0 amide bonds. The third-order valence-corrected chi connectivity index (χ3v) is 2.91. The van der Waals surface area contributed by atoms with Crippen molar-refractivity contribution in [3.05, 3.63) is 41.5 Å². The number of carbonyl (C=O) groups excluding carboxylic acids is 1. The Morgan fingerprint density at radius 2 is 2.20 bits per heavy atom. The van der Waals surface area contributed by atoms with Crippen molar-refractivity contribution >= 4 is 17.3 Å². The molecule has 3 nitrogen and oxygen atoms in total. The maximum absolute atomic E-state index is 11.6. The predicted molar refractivity (Wildman–Crippen MR) is 59.6 cm³/mol. The maximum Gasteiger partial charge on any atom is 0.341 e. The third kappa shape index (κ3) is 1.94. The van der Waals surface area contributed by atoms with Crippen molar-refractivity contribution in [2.45, 2.75) is 6.92 Å². The number of aromatic nitrogens is 1. The predicted octanol–water partition coefficient (Wildman–Crippen LogP) is 2.72. The van der Waals surface area contributed by atoms with Crippen LogP contribution in [0.3, 0.4) is 0 Å². The highest BCUT2D eigenvalue weighted by Crippen LogP contribution is 2.22. The quantitative estimate of drug-likeness (QED) is 0.746. The van der Waals surface area contributed by atoms with E-state index in [-0.39, 0.29) is 5.97 Å². The average Bonchev–Trinajstić information content (AvgIpc) is 2.88. The van der Waals surface area contributed by atoms with Crippen LogP contribution in [0.5, 0.6) is 0 Å². The van der Waals surface area contributed by atoms with E-state index in [2.05, 4.69) is 0 Å². The van der Waals surface area contributed by atoms with Gasteiger partial charge in [-0.05, 0) is 30.5 Å². The van der Waals surface area contributed by atoms with Crippen molar-refractivity contribution < 1.29 is 9.53 Å². The van der Waals surface area contributed by atoms with E-state index in [1.807, 2.05) is 34.5 Å². The van der Waals surface area contributed by atoms with Gasteiger partial charge in [0.2, 0.25) is 0 Å². The Bertz CT molecular complexity index is 445. The summed E-state index contributed by atoms with van der Waals surface area (Å²) in [6.07, 6.45) is 3.82. The van der Waals surface area contributed by atoms with E-state index in [0.29, 0.717) is 12.2 Å². The second-order valence-corrected chi connectivity index (χ2v) is 3.84. The molecule has 0 spiro atoms. The van der Waals surface area contributed by atoms with Crippen LogP contribution in [0.25, 0.3) is 5.00 Å². The zero-order valence-corrected chi connectivity index (χ0v) is 9.16. The molecule has 2 aromatic rings. The number of carbonyl (C=O) groups is 1. The Morgan fingerprint density at radius 3 is 2.87 bits per heavy atom. The van der Waals surface area contributed by atoms with E-state index < -0.39 is 0 Å². The number of esters is 1. The van der Waals surface area contributed by atoms with Crippen molar-refractivity contribution in [3.63, 3.8) is 0 Å². The van der Waals surface area contributed by atoms with Gasteiger partial charge in [0.15, 0.2) is 0 Å². The topological polar surface area (TPSA) is 31.2 Å². The van der Waals surface area contributed by atoms with Crippen LogP contribution >= 0.6 is 11.3 Å². The molecule has 0 aliphatic carbocycles. The Balaban J connectivity index is 2.34. The number of nitrogens with zero attached hydrogens (tertiary/aromatic N) is 1. The molecule has 2 heterocycles. The molecule has 78 valence electrons. The van der Waals surface area contributed by atoms with Gasteiger partial charge in [0.05, 0.1) is 12.2 Å². The molecule has 2 aromatic heterocycles. The largest absolute Gasteiger partial charge is 0.462 e. The highest BCUT2D eigenvalue weighted by atomic mass is 32.1. The molecule has 0 bridgehead atoms. The zero-order chi connectivity index (χ0) is 10.7. The van der Waals surface area contributed by atoms with Crippen molar-refractivity contribution in [2.24, 2.45) is 0 Å². The van der Waals surface area contributed by atoms with Crippen molar-refractivity contribution in [2.75, 3.05) is 6.61 Å². The van der Waals surface area contributed by atoms with Crippen LogP contribution in [0.4, 0.5) is 0 Å². The maximum atomic E-state index is 11.6. The van der Waals surface area contributed by atoms with Gasteiger partial charge >= 0.3 is 5.97 Å². The first-order chi connectivity index (χ1) is 7.33. The molecule has 0 radical (unpaired) electrons. The lowest BCUT2D eigenvalue weighted by molar-refractivity contribution is 0.0527. The molecule has 0 unspecified atom stereocenters. The van der Waals surface area contributed by atoms with Crippen LogP contribution in [0.2, 0.25) is 0 Å². The Morgan fingerprint density at radius 1 is 1.47 bits per heavy atom. The van der Waals surface area contributed by atoms with Gasteiger partial charge < -0.3 is 9.30 Å². The smallest absolute Gasteiger partial charge is 0.341 e. The van der Waals surface area contributed by atoms with Crippen molar-refractivity contribution in [1.29, 1.82) is 0 Å². The van der Waals surface area contributed by atoms with Crippen molar-refractivity contribution in [3.8, 4) is 5.00 Å². The lowest BCUT2D eigenvalue weighted by atomic mass is 10.3. The van der Waals surface area contributed by atoms with Gasteiger partial charge in [-0.25, -0.2) is 4.79 Å². The lowest BCUT2D eigenvalue weighted by Gasteiger charge is -2.04. The minimum atomic E-state index is -0.262. The monoisotopic (exact) mass is 221 g/mol. The summed E-state index contributed by atoms with van der Waals surface area (Å²) >= 11 is 1.52. The minimum Gasteiger partial charge on any atom is -0.462 e. The van der Waals surface area contributed by atoms with E-state index in [1.54, 1.807) is 13.0 Å². The fourth-order valence-corrected chi connectivity index (χ4v) is 2.19. The molecule has 0 saturated carbocycles. The number of rotatable bonds is 3. The van der Waals surface area contributed by atoms with Gasteiger partial charge in [-0.1, -0.05) is 0 Å². The van der Waals surface area contributed by atoms with Crippen LogP contribution < -0.4 is 0 Å². The van der Waals surface area contributed by atoms with Crippen LogP contribution in [0.15, 0.2) is 36.0 Å². The summed E-state index contributed by atoms with van der Waals surface area (Å²) < 4.78 is 6.89. The van der Waals surface area contributed by atoms with E-state index in [0.717, 1.165) is 5.00 Å². The Hall–Kier alpha value is -1.55. The average molecular weight is 221 g/mol. The normalized spacial score (nSPS) is 10.2. The molecule has 0 aliphatic heterocycles. The van der Waals surface area contributed by atoms with E-state index >= 15 is 0 Å². The molecule has 0 aliphatic rings. The van der Waals surface area contributed by atoms with E-state index in [1.165, 1.54) is 11.3 Å². The fraction of sp³-hybridized carbons (Fsp3) is 0.182. The fourth-order valence-electron chi connectivity index (χ4n) is 1.34. The summed E-state index contributed by atoms with van der Waals surface area (Å²) in [5.41, 5.74) is 0.623.